The van der Waals surface area contributed by atoms with Gasteiger partial charge >= 0.3 is 0 Å². The van der Waals surface area contributed by atoms with Crippen LogP contribution in [-0.2, 0) is 4.79 Å². The molecule has 0 aliphatic heterocycles. The Morgan fingerprint density at radius 2 is 2.33 bits per heavy atom. The smallest absolute Gasteiger partial charge is 0.258 e. The Labute approximate surface area is 114 Å². The van der Waals surface area contributed by atoms with Gasteiger partial charge in [-0.05, 0) is 38.0 Å². The normalized spacial score (nSPS) is 16.2. The van der Waals surface area contributed by atoms with Gasteiger partial charge in [-0.25, -0.2) is 0 Å². The molecule has 0 radical (unpaired) electrons. The van der Waals surface area contributed by atoms with Crippen LogP contribution < -0.4 is 10.1 Å². The van der Waals surface area contributed by atoms with E-state index in [1.54, 1.807) is 19.1 Å². The predicted molar refractivity (Wildman–Crippen MR) is 71.4 cm³/mol. The molecule has 1 amide bonds. The van der Waals surface area contributed by atoms with Gasteiger partial charge in [0.25, 0.3) is 5.91 Å². The van der Waals surface area contributed by atoms with Gasteiger partial charge in [0.15, 0.2) is 6.61 Å². The summed E-state index contributed by atoms with van der Waals surface area (Å²) in [5.41, 5.74) is 0.670. The highest BCUT2D eigenvalue weighted by molar-refractivity contribution is 9.10. The Bertz CT molecular complexity index is 444. The van der Waals surface area contributed by atoms with Gasteiger partial charge in [0, 0.05) is 16.1 Å². The fourth-order valence-corrected chi connectivity index (χ4v) is 2.00. The molecule has 1 aliphatic rings. The summed E-state index contributed by atoms with van der Waals surface area (Å²) in [6, 6.07) is 5.69. The Kier molecular flexibility index (Phi) is 4.24. The van der Waals surface area contributed by atoms with Gasteiger partial charge < -0.3 is 15.2 Å². The molecule has 2 N–H and O–H groups in total. The lowest BCUT2D eigenvalue weighted by molar-refractivity contribution is -0.123. The number of hydrogen-bond acceptors (Lipinski definition) is 3. The largest absolute Gasteiger partial charge is 0.483 e. The van der Waals surface area contributed by atoms with Crippen molar-refractivity contribution < 1.29 is 14.6 Å². The van der Waals surface area contributed by atoms with Crippen LogP contribution in [0.15, 0.2) is 22.7 Å². The highest BCUT2D eigenvalue weighted by Crippen LogP contribution is 2.28. The maximum atomic E-state index is 11.5. The molecule has 1 atom stereocenters. The Balaban J connectivity index is 1.96. The third-order valence-corrected chi connectivity index (χ3v) is 3.22. The number of aliphatic hydroxyl groups is 1. The molecule has 0 spiro atoms. The number of aliphatic hydroxyl groups excluding tert-OH is 1. The Morgan fingerprint density at radius 1 is 1.61 bits per heavy atom. The van der Waals surface area contributed by atoms with E-state index in [4.69, 9.17) is 4.74 Å². The van der Waals surface area contributed by atoms with Crippen molar-refractivity contribution in [1.82, 2.24) is 5.32 Å². The lowest BCUT2D eigenvalue weighted by Gasteiger charge is -2.13. The third kappa shape index (κ3) is 3.71. The monoisotopic (exact) mass is 313 g/mol. The molecule has 2 rings (SSSR count). The van der Waals surface area contributed by atoms with E-state index in [1.807, 2.05) is 6.07 Å². The average Bonchev–Trinajstić information content (AvgIpc) is 3.11. The molecule has 5 heteroatoms. The number of carbonyl (C=O) groups excluding carboxylic acids is 1. The van der Waals surface area contributed by atoms with Crippen LogP contribution in [0.3, 0.4) is 0 Å². The first-order valence-corrected chi connectivity index (χ1v) is 6.75. The first-order valence-electron chi connectivity index (χ1n) is 5.96. The van der Waals surface area contributed by atoms with Gasteiger partial charge in [0.1, 0.15) is 5.75 Å². The van der Waals surface area contributed by atoms with Crippen LogP contribution in [0.2, 0.25) is 0 Å². The molecule has 98 valence electrons. The van der Waals surface area contributed by atoms with Gasteiger partial charge in [0.2, 0.25) is 0 Å². The number of halogens is 1. The van der Waals surface area contributed by atoms with Crippen molar-refractivity contribution in [3.63, 3.8) is 0 Å². The number of hydrogen-bond donors (Lipinski definition) is 2. The van der Waals surface area contributed by atoms with E-state index in [2.05, 4.69) is 21.2 Å². The highest BCUT2D eigenvalue weighted by Gasteiger charge is 2.23. The van der Waals surface area contributed by atoms with Gasteiger partial charge in [-0.3, -0.25) is 4.79 Å². The summed E-state index contributed by atoms with van der Waals surface area (Å²) in [5, 5.41) is 12.5. The molecular weight excluding hydrogens is 298 g/mol. The quantitative estimate of drug-likeness (QED) is 0.875. The van der Waals surface area contributed by atoms with E-state index in [9.17, 15) is 9.90 Å². The summed E-state index contributed by atoms with van der Waals surface area (Å²) in [6.45, 7) is 1.65. The second-order valence-corrected chi connectivity index (χ2v) is 5.40. The zero-order valence-electron chi connectivity index (χ0n) is 10.1. The number of amides is 1. The number of rotatable bonds is 5. The molecule has 1 aromatic rings. The minimum Gasteiger partial charge on any atom is -0.483 e. The Morgan fingerprint density at radius 3 is 2.94 bits per heavy atom. The van der Waals surface area contributed by atoms with Crippen molar-refractivity contribution in [3.8, 4) is 5.75 Å². The van der Waals surface area contributed by atoms with Crippen LogP contribution in [0.5, 0.6) is 5.75 Å². The number of carbonyl (C=O) groups is 1. The topological polar surface area (TPSA) is 58.6 Å². The summed E-state index contributed by atoms with van der Waals surface area (Å²) in [5.74, 6) is 0.427. The second kappa shape index (κ2) is 5.71. The molecule has 4 nitrogen and oxygen atoms in total. The van der Waals surface area contributed by atoms with Gasteiger partial charge in [-0.2, -0.15) is 0 Å². The minimum atomic E-state index is -0.635. The van der Waals surface area contributed by atoms with Crippen LogP contribution in [0, 0.1) is 0 Å². The molecule has 0 unspecified atom stereocenters. The molecule has 0 heterocycles. The maximum absolute atomic E-state index is 11.5. The summed E-state index contributed by atoms with van der Waals surface area (Å²) < 4.78 is 6.32. The van der Waals surface area contributed by atoms with Crippen LogP contribution in [-0.4, -0.2) is 23.7 Å². The fourth-order valence-electron chi connectivity index (χ4n) is 1.62. The molecule has 0 bridgehead atoms. The zero-order chi connectivity index (χ0) is 13.1. The summed E-state index contributed by atoms with van der Waals surface area (Å²) in [7, 11) is 0. The molecule has 0 saturated heterocycles. The van der Waals surface area contributed by atoms with E-state index in [-0.39, 0.29) is 12.5 Å². The van der Waals surface area contributed by atoms with Crippen molar-refractivity contribution in [2.75, 3.05) is 6.61 Å². The standard InChI is InChI=1S/C13H16BrNO3/c1-8(16)11-6-9(14)2-5-12(11)18-7-13(17)15-10-3-4-10/h2,5-6,8,10,16H,3-4,7H2,1H3,(H,15,17)/t8-/m0/s1. The number of nitrogens with one attached hydrogen (secondary N) is 1. The van der Waals surface area contributed by atoms with E-state index in [0.29, 0.717) is 17.4 Å². The molecule has 1 fully saturated rings. The van der Waals surface area contributed by atoms with Crippen molar-refractivity contribution in [3.05, 3.63) is 28.2 Å². The van der Waals surface area contributed by atoms with Crippen molar-refractivity contribution in [2.24, 2.45) is 0 Å². The lowest BCUT2D eigenvalue weighted by Crippen LogP contribution is -2.30. The van der Waals surface area contributed by atoms with Gasteiger partial charge in [-0.1, -0.05) is 15.9 Å². The first-order chi connectivity index (χ1) is 8.56. The SMILES string of the molecule is C[C@H](O)c1cc(Br)ccc1OCC(=O)NC1CC1. The number of ether oxygens (including phenoxy) is 1. The Hall–Kier alpha value is -1.07. The molecule has 1 aromatic carbocycles. The molecule has 18 heavy (non-hydrogen) atoms. The van der Waals surface area contributed by atoms with Gasteiger partial charge in [-0.15, -0.1) is 0 Å². The minimum absolute atomic E-state index is 0.0160. The van der Waals surface area contributed by atoms with E-state index >= 15 is 0 Å². The molecule has 1 saturated carbocycles. The van der Waals surface area contributed by atoms with E-state index in [0.717, 1.165) is 17.3 Å². The highest BCUT2D eigenvalue weighted by atomic mass is 79.9. The third-order valence-electron chi connectivity index (χ3n) is 2.72. The summed E-state index contributed by atoms with van der Waals surface area (Å²) in [6.07, 6.45) is 1.48. The van der Waals surface area contributed by atoms with Crippen molar-refractivity contribution in [2.45, 2.75) is 31.9 Å². The van der Waals surface area contributed by atoms with Crippen LogP contribution in [0.25, 0.3) is 0 Å². The fraction of sp³-hybridized carbons (Fsp3) is 0.462. The van der Waals surface area contributed by atoms with Crippen LogP contribution in [0.1, 0.15) is 31.4 Å². The zero-order valence-corrected chi connectivity index (χ0v) is 11.7. The van der Waals surface area contributed by atoms with Gasteiger partial charge in [0.05, 0.1) is 6.10 Å². The lowest BCUT2D eigenvalue weighted by atomic mass is 10.1. The van der Waals surface area contributed by atoms with Crippen LogP contribution >= 0.6 is 15.9 Å². The van der Waals surface area contributed by atoms with Crippen LogP contribution in [0.4, 0.5) is 0 Å². The summed E-state index contributed by atoms with van der Waals surface area (Å²) in [4.78, 5) is 11.5. The predicted octanol–water partition coefficient (Wildman–Crippen LogP) is 2.16. The number of benzene rings is 1. The first kappa shape index (κ1) is 13.4. The molecular formula is C13H16BrNO3. The molecule has 1 aliphatic carbocycles. The van der Waals surface area contributed by atoms with Crippen molar-refractivity contribution >= 4 is 21.8 Å². The molecule has 0 aromatic heterocycles. The second-order valence-electron chi connectivity index (χ2n) is 4.49. The average molecular weight is 314 g/mol. The maximum Gasteiger partial charge on any atom is 0.258 e. The van der Waals surface area contributed by atoms with Crippen molar-refractivity contribution in [1.29, 1.82) is 0 Å². The van der Waals surface area contributed by atoms with E-state index in [1.165, 1.54) is 0 Å². The van der Waals surface area contributed by atoms with E-state index < -0.39 is 6.10 Å². The summed E-state index contributed by atoms with van der Waals surface area (Å²) >= 11 is 3.34.